The molecule has 1 aliphatic heterocycles. The molecule has 0 bridgehead atoms. The second-order valence-electron chi connectivity index (χ2n) is 6.45. The number of nitrogens with zero attached hydrogens (tertiary/aromatic N) is 2. The summed E-state index contributed by atoms with van der Waals surface area (Å²) in [5.41, 5.74) is 2.64. The fourth-order valence-corrected chi connectivity index (χ4v) is 3.37. The smallest absolute Gasteiger partial charge is 0.170 e. The van der Waals surface area contributed by atoms with Gasteiger partial charge in [0, 0.05) is 11.8 Å². The maximum absolute atomic E-state index is 14.4. The summed E-state index contributed by atoms with van der Waals surface area (Å²) < 4.78 is 30.2. The normalized spacial score (nSPS) is 18.0. The van der Waals surface area contributed by atoms with Crippen molar-refractivity contribution in [1.29, 1.82) is 0 Å². The number of rotatable bonds is 5. The van der Waals surface area contributed by atoms with Gasteiger partial charge in [-0.25, -0.2) is 9.38 Å². The van der Waals surface area contributed by atoms with E-state index in [-0.39, 0.29) is 5.75 Å². The summed E-state index contributed by atoms with van der Waals surface area (Å²) in [6.07, 6.45) is 4.85. The highest BCUT2D eigenvalue weighted by molar-refractivity contribution is 5.66. The Morgan fingerprint density at radius 3 is 2.54 bits per heavy atom. The minimum absolute atomic E-state index is 0.193. The number of ether oxygens (including phenoxy) is 3. The van der Waals surface area contributed by atoms with Gasteiger partial charge in [-0.3, -0.25) is 4.98 Å². The summed E-state index contributed by atoms with van der Waals surface area (Å²) in [4.78, 5) is 8.80. The standard InChI is InChI=1S/C22H19FN2O3/c1-26-19-9-16(11-24-12-19)15-4-3-5-17(8-15)22(13-28-14-25-22)18-6-7-21(27-2)20(23)10-18/h3-12,14H,13H2,1-2H3. The van der Waals surface area contributed by atoms with E-state index in [4.69, 9.17) is 14.2 Å². The summed E-state index contributed by atoms with van der Waals surface area (Å²) in [5.74, 6) is 0.435. The Bertz CT molecular complexity index is 1040. The van der Waals surface area contributed by atoms with Crippen molar-refractivity contribution < 1.29 is 18.6 Å². The molecule has 0 saturated heterocycles. The van der Waals surface area contributed by atoms with Gasteiger partial charge in [-0.1, -0.05) is 24.3 Å². The number of hydrogen-bond donors (Lipinski definition) is 0. The molecule has 0 spiro atoms. The lowest BCUT2D eigenvalue weighted by Crippen LogP contribution is -2.27. The lowest BCUT2D eigenvalue weighted by molar-refractivity contribution is 0.289. The molecule has 3 aromatic rings. The topological polar surface area (TPSA) is 52.9 Å². The van der Waals surface area contributed by atoms with Crippen LogP contribution in [0.4, 0.5) is 4.39 Å². The monoisotopic (exact) mass is 378 g/mol. The highest BCUT2D eigenvalue weighted by Crippen LogP contribution is 2.39. The van der Waals surface area contributed by atoms with Crippen LogP contribution in [0, 0.1) is 5.82 Å². The van der Waals surface area contributed by atoms with E-state index in [1.807, 2.05) is 36.4 Å². The summed E-state index contributed by atoms with van der Waals surface area (Å²) in [6.45, 7) is 0.290. The van der Waals surface area contributed by atoms with Gasteiger partial charge in [-0.05, 0) is 41.0 Å². The first-order valence-corrected chi connectivity index (χ1v) is 8.75. The highest BCUT2D eigenvalue weighted by atomic mass is 19.1. The zero-order valence-corrected chi connectivity index (χ0v) is 15.6. The third-order valence-electron chi connectivity index (χ3n) is 4.89. The highest BCUT2D eigenvalue weighted by Gasteiger charge is 2.38. The van der Waals surface area contributed by atoms with Gasteiger partial charge in [0.05, 0.1) is 20.4 Å². The van der Waals surface area contributed by atoms with Crippen molar-refractivity contribution in [3.8, 4) is 22.6 Å². The molecule has 0 fully saturated rings. The van der Waals surface area contributed by atoms with E-state index < -0.39 is 11.4 Å². The number of halogens is 1. The van der Waals surface area contributed by atoms with Crippen LogP contribution in [0.5, 0.6) is 11.5 Å². The Morgan fingerprint density at radius 1 is 0.964 bits per heavy atom. The zero-order chi connectivity index (χ0) is 19.6. The van der Waals surface area contributed by atoms with Gasteiger partial charge in [0.2, 0.25) is 0 Å². The first-order chi connectivity index (χ1) is 13.7. The van der Waals surface area contributed by atoms with Gasteiger partial charge < -0.3 is 14.2 Å². The van der Waals surface area contributed by atoms with Crippen molar-refractivity contribution in [1.82, 2.24) is 4.98 Å². The Hall–Kier alpha value is -3.41. The van der Waals surface area contributed by atoms with Crippen LogP contribution in [0.2, 0.25) is 0 Å². The molecule has 6 heteroatoms. The third kappa shape index (κ3) is 3.07. The van der Waals surface area contributed by atoms with E-state index in [0.717, 1.165) is 16.7 Å². The van der Waals surface area contributed by atoms with Gasteiger partial charge in [0.1, 0.15) is 17.9 Å². The van der Waals surface area contributed by atoms with Crippen LogP contribution in [0.3, 0.4) is 0 Å². The van der Waals surface area contributed by atoms with Crippen LogP contribution in [0.1, 0.15) is 11.1 Å². The molecule has 28 heavy (non-hydrogen) atoms. The minimum atomic E-state index is -0.824. The Morgan fingerprint density at radius 2 is 1.82 bits per heavy atom. The Labute approximate surface area is 162 Å². The molecule has 1 unspecified atom stereocenters. The van der Waals surface area contributed by atoms with Gasteiger partial charge in [-0.2, -0.15) is 0 Å². The number of aliphatic imine (C=N–C) groups is 1. The molecule has 5 nitrogen and oxygen atoms in total. The van der Waals surface area contributed by atoms with Crippen LogP contribution in [-0.4, -0.2) is 32.2 Å². The van der Waals surface area contributed by atoms with E-state index in [1.165, 1.54) is 19.6 Å². The van der Waals surface area contributed by atoms with Crippen molar-refractivity contribution in [3.63, 3.8) is 0 Å². The predicted molar refractivity (Wildman–Crippen MR) is 104 cm³/mol. The molecule has 0 aliphatic carbocycles. The number of pyridine rings is 1. The fourth-order valence-electron chi connectivity index (χ4n) is 3.37. The SMILES string of the molecule is COc1cncc(-c2cccc(C3(c4ccc(OC)c(F)c4)COC=N3)c2)c1. The van der Waals surface area contributed by atoms with Crippen molar-refractivity contribution in [3.05, 3.63) is 77.9 Å². The molecule has 0 radical (unpaired) electrons. The Balaban J connectivity index is 1.81. The number of benzene rings is 2. The molecule has 2 heterocycles. The van der Waals surface area contributed by atoms with E-state index in [0.29, 0.717) is 17.9 Å². The molecular formula is C22H19FN2O3. The van der Waals surface area contributed by atoms with Crippen molar-refractivity contribution in [2.45, 2.75) is 5.54 Å². The number of aromatic nitrogens is 1. The van der Waals surface area contributed by atoms with Crippen LogP contribution in [0.25, 0.3) is 11.1 Å². The van der Waals surface area contributed by atoms with E-state index in [9.17, 15) is 4.39 Å². The molecule has 2 aromatic carbocycles. The lowest BCUT2D eigenvalue weighted by atomic mass is 9.83. The fraction of sp³-hybridized carbons (Fsp3) is 0.182. The summed E-state index contributed by atoms with van der Waals surface area (Å²) in [6, 6.07) is 14.7. The number of methoxy groups -OCH3 is 2. The average molecular weight is 378 g/mol. The van der Waals surface area contributed by atoms with Gasteiger partial charge in [-0.15, -0.1) is 0 Å². The van der Waals surface area contributed by atoms with Crippen LogP contribution < -0.4 is 9.47 Å². The first-order valence-electron chi connectivity index (χ1n) is 8.75. The second kappa shape index (κ2) is 7.31. The van der Waals surface area contributed by atoms with Crippen LogP contribution in [-0.2, 0) is 10.3 Å². The largest absolute Gasteiger partial charge is 0.495 e. The molecule has 0 N–H and O–H groups in total. The molecule has 0 saturated carbocycles. The molecule has 1 aromatic heterocycles. The van der Waals surface area contributed by atoms with Crippen molar-refractivity contribution in [2.24, 2.45) is 4.99 Å². The summed E-state index contributed by atoms with van der Waals surface area (Å²) in [5, 5.41) is 0. The third-order valence-corrected chi connectivity index (χ3v) is 4.89. The Kier molecular flexibility index (Phi) is 4.69. The maximum atomic E-state index is 14.4. The zero-order valence-electron chi connectivity index (χ0n) is 15.6. The maximum Gasteiger partial charge on any atom is 0.170 e. The molecule has 4 rings (SSSR count). The van der Waals surface area contributed by atoms with E-state index in [2.05, 4.69) is 9.98 Å². The minimum Gasteiger partial charge on any atom is -0.495 e. The van der Waals surface area contributed by atoms with Crippen LogP contribution in [0.15, 0.2) is 65.9 Å². The lowest BCUT2D eigenvalue weighted by Gasteiger charge is -2.26. The van der Waals surface area contributed by atoms with Crippen molar-refractivity contribution in [2.75, 3.05) is 20.8 Å². The summed E-state index contributed by atoms with van der Waals surface area (Å²) >= 11 is 0. The average Bonchev–Trinajstić information content (AvgIpc) is 3.25. The second-order valence-corrected chi connectivity index (χ2v) is 6.45. The summed E-state index contributed by atoms with van der Waals surface area (Å²) in [7, 11) is 3.05. The van der Waals surface area contributed by atoms with E-state index >= 15 is 0 Å². The molecular weight excluding hydrogens is 359 g/mol. The predicted octanol–water partition coefficient (Wildman–Crippen LogP) is 4.21. The quantitative estimate of drug-likeness (QED) is 0.668. The molecule has 1 aliphatic rings. The molecule has 142 valence electrons. The number of hydrogen-bond acceptors (Lipinski definition) is 5. The molecule has 0 amide bonds. The van der Waals surface area contributed by atoms with Gasteiger partial charge >= 0.3 is 0 Å². The first kappa shape index (κ1) is 18.0. The molecule has 1 atom stereocenters. The van der Waals surface area contributed by atoms with Crippen LogP contribution >= 0.6 is 0 Å². The van der Waals surface area contributed by atoms with Gasteiger partial charge in [0.15, 0.2) is 18.0 Å². The van der Waals surface area contributed by atoms with E-state index in [1.54, 1.807) is 25.6 Å². The van der Waals surface area contributed by atoms with Crippen molar-refractivity contribution >= 4 is 6.40 Å². The van der Waals surface area contributed by atoms with Gasteiger partial charge in [0.25, 0.3) is 0 Å².